The first-order valence-electron chi connectivity index (χ1n) is 3.65. The molecule has 0 spiro atoms. The quantitative estimate of drug-likeness (QED) is 0.506. The Morgan fingerprint density at radius 3 is 2.00 bits per heavy atom. The molecule has 0 amide bonds. The van der Waals surface area contributed by atoms with Crippen LogP contribution in [0.25, 0.3) is 5.57 Å². The van der Waals surface area contributed by atoms with Gasteiger partial charge in [-0.15, -0.1) is 0 Å². The molecule has 1 aromatic carbocycles. The lowest BCUT2D eigenvalue weighted by Gasteiger charge is -2.11. The van der Waals surface area contributed by atoms with E-state index in [1.165, 1.54) is 0 Å². The van der Waals surface area contributed by atoms with Crippen LogP contribution in [0.4, 0.5) is 26.3 Å². The Bertz CT molecular complexity index is 404. The second-order valence-corrected chi connectivity index (χ2v) is 2.70. The van der Waals surface area contributed by atoms with Gasteiger partial charge in [0, 0.05) is 5.56 Å². The van der Waals surface area contributed by atoms with Gasteiger partial charge in [0.15, 0.2) is 17.5 Å². The van der Waals surface area contributed by atoms with E-state index < -0.39 is 34.8 Å². The predicted molar refractivity (Wildman–Crippen MR) is 41.4 cm³/mol. The Morgan fingerprint density at radius 2 is 1.53 bits per heavy atom. The molecule has 0 aliphatic rings. The van der Waals surface area contributed by atoms with Crippen molar-refractivity contribution in [2.75, 3.05) is 0 Å². The fraction of sp³-hybridized carbons (Fsp3) is 0.111. The minimum atomic E-state index is -4.88. The maximum atomic E-state index is 12.9. The van der Waals surface area contributed by atoms with Crippen LogP contribution in [0.15, 0.2) is 18.7 Å². The van der Waals surface area contributed by atoms with Gasteiger partial charge in [0.25, 0.3) is 0 Å². The van der Waals surface area contributed by atoms with E-state index in [-0.39, 0.29) is 0 Å². The summed E-state index contributed by atoms with van der Waals surface area (Å²) in [6.45, 7) is 2.57. The SMILES string of the molecule is C=C(c1ccc(F)c(F)c1F)C(F)(F)F. The van der Waals surface area contributed by atoms with Crippen molar-refractivity contribution in [3.05, 3.63) is 41.7 Å². The van der Waals surface area contributed by atoms with E-state index in [1.807, 2.05) is 0 Å². The Kier molecular flexibility index (Phi) is 2.79. The van der Waals surface area contributed by atoms with E-state index in [2.05, 4.69) is 6.58 Å². The summed E-state index contributed by atoms with van der Waals surface area (Å²) in [5, 5.41) is 0. The van der Waals surface area contributed by atoms with Gasteiger partial charge in [-0.25, -0.2) is 13.2 Å². The van der Waals surface area contributed by atoms with E-state index in [9.17, 15) is 26.3 Å². The minimum Gasteiger partial charge on any atom is -0.204 e. The number of halogens is 6. The highest BCUT2D eigenvalue weighted by Gasteiger charge is 2.35. The normalized spacial score (nSPS) is 11.6. The molecule has 0 atom stereocenters. The van der Waals surface area contributed by atoms with Crippen molar-refractivity contribution in [2.45, 2.75) is 6.18 Å². The van der Waals surface area contributed by atoms with Crippen LogP contribution in [0.2, 0.25) is 0 Å². The molecule has 0 saturated heterocycles. The van der Waals surface area contributed by atoms with Crippen LogP contribution in [0.3, 0.4) is 0 Å². The molecule has 0 radical (unpaired) electrons. The molecular weight excluding hydrogens is 222 g/mol. The van der Waals surface area contributed by atoms with Gasteiger partial charge in [-0.05, 0) is 12.1 Å². The summed E-state index contributed by atoms with van der Waals surface area (Å²) in [7, 11) is 0. The maximum absolute atomic E-state index is 12.9. The lowest BCUT2D eigenvalue weighted by molar-refractivity contribution is -0.0688. The van der Waals surface area contributed by atoms with E-state index >= 15 is 0 Å². The van der Waals surface area contributed by atoms with Gasteiger partial charge in [-0.2, -0.15) is 13.2 Å². The molecule has 82 valence electrons. The first-order chi connectivity index (χ1) is 6.75. The third-order valence-corrected chi connectivity index (χ3v) is 1.70. The molecule has 0 aliphatic carbocycles. The fourth-order valence-corrected chi connectivity index (χ4v) is 0.912. The number of hydrogen-bond donors (Lipinski definition) is 0. The Hall–Kier alpha value is -1.46. The van der Waals surface area contributed by atoms with Crippen molar-refractivity contribution in [3.63, 3.8) is 0 Å². The van der Waals surface area contributed by atoms with E-state index in [0.717, 1.165) is 0 Å². The van der Waals surface area contributed by atoms with E-state index in [1.54, 1.807) is 0 Å². The van der Waals surface area contributed by atoms with Crippen molar-refractivity contribution >= 4 is 5.57 Å². The molecule has 0 bridgehead atoms. The van der Waals surface area contributed by atoms with Crippen molar-refractivity contribution in [1.82, 2.24) is 0 Å². The predicted octanol–water partition coefficient (Wildman–Crippen LogP) is 3.68. The summed E-state index contributed by atoms with van der Waals surface area (Å²) in [6, 6.07) is 0.897. The molecule has 0 heterocycles. The van der Waals surface area contributed by atoms with Gasteiger partial charge in [0.05, 0.1) is 5.57 Å². The monoisotopic (exact) mass is 226 g/mol. The highest BCUT2D eigenvalue weighted by molar-refractivity contribution is 5.67. The maximum Gasteiger partial charge on any atom is 0.416 e. The van der Waals surface area contributed by atoms with Crippen molar-refractivity contribution in [2.24, 2.45) is 0 Å². The summed E-state index contributed by atoms with van der Waals surface area (Å²) in [6.07, 6.45) is -4.88. The minimum absolute atomic E-state index is 0.407. The zero-order chi connectivity index (χ0) is 11.8. The molecule has 0 nitrogen and oxygen atoms in total. The van der Waals surface area contributed by atoms with Crippen molar-refractivity contribution in [1.29, 1.82) is 0 Å². The molecule has 0 aliphatic heterocycles. The lowest BCUT2D eigenvalue weighted by Crippen LogP contribution is -2.11. The van der Waals surface area contributed by atoms with Gasteiger partial charge in [-0.1, -0.05) is 6.58 Å². The molecule has 0 aromatic heterocycles. The smallest absolute Gasteiger partial charge is 0.204 e. The zero-order valence-corrected chi connectivity index (χ0v) is 7.13. The highest BCUT2D eigenvalue weighted by atomic mass is 19.4. The molecular formula is C9H4F6. The van der Waals surface area contributed by atoms with Gasteiger partial charge >= 0.3 is 6.18 Å². The number of hydrogen-bond acceptors (Lipinski definition) is 0. The summed E-state index contributed by atoms with van der Waals surface area (Å²) in [4.78, 5) is 0. The van der Waals surface area contributed by atoms with Crippen LogP contribution in [0.5, 0.6) is 0 Å². The van der Waals surface area contributed by atoms with Crippen LogP contribution < -0.4 is 0 Å². The average Bonchev–Trinajstić information content (AvgIpc) is 2.12. The third-order valence-electron chi connectivity index (χ3n) is 1.70. The molecule has 0 N–H and O–H groups in total. The second-order valence-electron chi connectivity index (χ2n) is 2.70. The number of alkyl halides is 3. The first kappa shape index (κ1) is 11.6. The summed E-state index contributed by atoms with van der Waals surface area (Å²) in [5.41, 5.74) is -2.65. The van der Waals surface area contributed by atoms with Gasteiger partial charge in [0.1, 0.15) is 0 Å². The number of benzene rings is 1. The molecule has 1 aromatic rings. The van der Waals surface area contributed by atoms with Crippen LogP contribution >= 0.6 is 0 Å². The number of rotatable bonds is 1. The molecule has 15 heavy (non-hydrogen) atoms. The largest absolute Gasteiger partial charge is 0.416 e. The van der Waals surface area contributed by atoms with E-state index in [0.29, 0.717) is 12.1 Å². The Morgan fingerprint density at radius 1 is 1.00 bits per heavy atom. The third kappa shape index (κ3) is 2.14. The van der Waals surface area contributed by atoms with Crippen LogP contribution in [0, 0.1) is 17.5 Å². The van der Waals surface area contributed by atoms with Gasteiger partial charge in [-0.3, -0.25) is 0 Å². The molecule has 0 unspecified atom stereocenters. The molecule has 0 fully saturated rings. The van der Waals surface area contributed by atoms with Crippen LogP contribution in [-0.2, 0) is 0 Å². The topological polar surface area (TPSA) is 0 Å². The van der Waals surface area contributed by atoms with Gasteiger partial charge in [0.2, 0.25) is 0 Å². The summed E-state index contributed by atoms with van der Waals surface area (Å²) < 4.78 is 74.0. The van der Waals surface area contributed by atoms with Crippen LogP contribution in [-0.4, -0.2) is 6.18 Å². The van der Waals surface area contributed by atoms with Crippen LogP contribution in [0.1, 0.15) is 5.56 Å². The Labute approximate surface area is 80.8 Å². The average molecular weight is 226 g/mol. The lowest BCUT2D eigenvalue weighted by atomic mass is 10.1. The fourth-order valence-electron chi connectivity index (χ4n) is 0.912. The molecule has 0 saturated carbocycles. The zero-order valence-electron chi connectivity index (χ0n) is 7.13. The van der Waals surface area contributed by atoms with Crippen molar-refractivity contribution in [3.8, 4) is 0 Å². The second kappa shape index (κ2) is 3.60. The van der Waals surface area contributed by atoms with Gasteiger partial charge < -0.3 is 0 Å². The molecule has 6 heteroatoms. The Balaban J connectivity index is 3.29. The highest BCUT2D eigenvalue weighted by Crippen LogP contribution is 2.34. The standard InChI is InChI=1S/C9H4F6/c1-4(9(13,14)15)5-2-3-6(10)8(12)7(5)11/h2-3H,1H2. The summed E-state index contributed by atoms with van der Waals surface area (Å²) in [5.74, 6) is -5.39. The van der Waals surface area contributed by atoms with Crippen molar-refractivity contribution < 1.29 is 26.3 Å². The molecule has 1 rings (SSSR count). The number of allylic oxidation sites excluding steroid dienone is 1. The first-order valence-corrected chi connectivity index (χ1v) is 3.65. The summed E-state index contributed by atoms with van der Waals surface area (Å²) >= 11 is 0. The van der Waals surface area contributed by atoms with E-state index in [4.69, 9.17) is 0 Å².